The van der Waals surface area contributed by atoms with Crippen LogP contribution in [0.25, 0.3) is 0 Å². The van der Waals surface area contributed by atoms with Crippen molar-refractivity contribution in [1.82, 2.24) is 0 Å². The number of hydrogen-bond donors (Lipinski definition) is 0. The average molecular weight is 466 g/mol. The summed E-state index contributed by atoms with van der Waals surface area (Å²) in [6, 6.07) is 0. The van der Waals surface area contributed by atoms with Crippen molar-refractivity contribution in [1.29, 1.82) is 0 Å². The Balaban J connectivity index is 0.00000144. The molecule has 0 heterocycles. The maximum Gasteiger partial charge on any atom is -1.00 e. The number of hydrogen-bond acceptors (Lipinski definition) is 0. The molecular formula is C14H20Cl2HfSi. The smallest absolute Gasteiger partial charge is 1.00 e. The van der Waals surface area contributed by atoms with E-state index < -0.39 is 20.1 Å². The average Bonchev–Trinajstić information content (AvgIpc) is 2.79. The Bertz CT molecular complexity index is 440. The minimum absolute atomic E-state index is 0. The van der Waals surface area contributed by atoms with E-state index in [2.05, 4.69) is 51.2 Å². The molecule has 0 aromatic heterocycles. The van der Waals surface area contributed by atoms with E-state index in [4.69, 9.17) is 0 Å². The third-order valence-corrected chi connectivity index (χ3v) is 28.8. The van der Waals surface area contributed by atoms with E-state index in [9.17, 15) is 0 Å². The second-order valence-corrected chi connectivity index (χ2v) is 28.8. The molecule has 2 aliphatic rings. The quantitative estimate of drug-likeness (QED) is 0.428. The van der Waals surface area contributed by atoms with Crippen molar-refractivity contribution < 1.29 is 44.9 Å². The summed E-state index contributed by atoms with van der Waals surface area (Å²) in [5, 5.41) is 0. The van der Waals surface area contributed by atoms with Crippen molar-refractivity contribution in [3.05, 3.63) is 42.1 Å². The van der Waals surface area contributed by atoms with Gasteiger partial charge in [-0.05, 0) is 0 Å². The molecule has 4 heteroatoms. The molecule has 0 N–H and O–H groups in total. The van der Waals surface area contributed by atoms with Gasteiger partial charge in [-0.3, -0.25) is 0 Å². The van der Waals surface area contributed by atoms with Gasteiger partial charge in [-0.1, -0.05) is 0 Å². The topological polar surface area (TPSA) is 0 Å². The van der Waals surface area contributed by atoms with Crippen molar-refractivity contribution in [2.75, 3.05) is 0 Å². The molecule has 0 aromatic carbocycles. The molecule has 0 bridgehead atoms. The van der Waals surface area contributed by atoms with Crippen LogP contribution in [0.1, 0.15) is 26.7 Å². The summed E-state index contributed by atoms with van der Waals surface area (Å²) in [7, 11) is 0. The first kappa shape index (κ1) is 18.6. The van der Waals surface area contributed by atoms with Crippen LogP contribution in [0.4, 0.5) is 0 Å². The van der Waals surface area contributed by atoms with Crippen molar-refractivity contribution in [3.63, 3.8) is 0 Å². The Labute approximate surface area is 131 Å². The molecule has 0 radical (unpaired) electrons. The van der Waals surface area contributed by atoms with Gasteiger partial charge in [-0.15, -0.1) is 0 Å². The minimum atomic E-state index is -1.62. The Hall–Kier alpha value is 0.627. The van der Waals surface area contributed by atoms with Gasteiger partial charge in [0, 0.05) is 0 Å². The molecule has 0 aromatic rings. The van der Waals surface area contributed by atoms with Crippen molar-refractivity contribution >= 4 is 5.49 Å². The molecule has 0 saturated heterocycles. The fourth-order valence-electron chi connectivity index (χ4n) is 2.61. The summed E-state index contributed by atoms with van der Waals surface area (Å²) in [4.78, 5) is 0. The summed E-state index contributed by atoms with van der Waals surface area (Å²) in [5.74, 6) is 0. The van der Waals surface area contributed by atoms with E-state index in [1.54, 1.807) is 11.1 Å². The van der Waals surface area contributed by atoms with E-state index in [0.29, 0.717) is 0 Å². The molecule has 0 atom stereocenters. The zero-order chi connectivity index (χ0) is 11.7. The molecule has 0 aliphatic heterocycles. The third-order valence-electron chi connectivity index (χ3n) is 3.44. The largest absolute Gasteiger partial charge is 1.00 e. The monoisotopic (exact) mass is 466 g/mol. The second kappa shape index (κ2) is 8.03. The first-order chi connectivity index (χ1) is 7.61. The third kappa shape index (κ3) is 3.81. The predicted molar refractivity (Wildman–Crippen MR) is 70.4 cm³/mol. The van der Waals surface area contributed by atoms with Gasteiger partial charge in [0.15, 0.2) is 0 Å². The Morgan fingerprint density at radius 2 is 1.28 bits per heavy atom. The molecular weight excluding hydrogens is 446 g/mol. The molecule has 18 heavy (non-hydrogen) atoms. The summed E-state index contributed by atoms with van der Waals surface area (Å²) in [6.45, 7) is 9.74. The maximum atomic E-state index is 2.55. The molecule has 2 aliphatic carbocycles. The van der Waals surface area contributed by atoms with E-state index in [-0.39, 0.29) is 30.3 Å². The summed E-state index contributed by atoms with van der Waals surface area (Å²) >= 11 is -1.62. The van der Waals surface area contributed by atoms with Crippen LogP contribution in [0.15, 0.2) is 42.1 Å². The van der Waals surface area contributed by atoms with Gasteiger partial charge in [0.25, 0.3) is 0 Å². The summed E-state index contributed by atoms with van der Waals surface area (Å²) < 4.78 is 3.81. The van der Waals surface area contributed by atoms with Crippen LogP contribution >= 0.6 is 0 Å². The van der Waals surface area contributed by atoms with E-state index >= 15 is 0 Å². The molecule has 0 saturated carbocycles. The van der Waals surface area contributed by atoms with Crippen LogP contribution in [-0.2, 0) is 20.1 Å². The zero-order valence-electron chi connectivity index (χ0n) is 11.5. The van der Waals surface area contributed by atoms with E-state index in [1.807, 2.05) is 6.66 Å². The predicted octanol–water partition coefficient (Wildman–Crippen LogP) is -1.67. The van der Waals surface area contributed by atoms with Gasteiger partial charge in [0.1, 0.15) is 0 Å². The van der Waals surface area contributed by atoms with Gasteiger partial charge in [0.2, 0.25) is 0 Å². The summed E-state index contributed by atoms with van der Waals surface area (Å²) in [6.07, 6.45) is 12.0. The van der Waals surface area contributed by atoms with Crippen LogP contribution in [-0.4, -0.2) is 5.49 Å². The molecule has 0 unspecified atom stereocenters. The maximum absolute atomic E-state index is 2.55. The molecule has 0 nitrogen and oxygen atoms in total. The Kier molecular flexibility index (Phi) is 8.31. The van der Waals surface area contributed by atoms with Crippen molar-refractivity contribution in [2.45, 2.75) is 39.8 Å². The van der Waals surface area contributed by atoms with E-state index in [1.165, 1.54) is 12.8 Å². The number of allylic oxidation sites excluding steroid dienone is 8. The Morgan fingerprint density at radius 3 is 1.50 bits per heavy atom. The number of rotatable bonds is 2. The first-order valence-electron chi connectivity index (χ1n) is 6.02. The first-order valence-corrected chi connectivity index (χ1v) is 17.5. The van der Waals surface area contributed by atoms with Gasteiger partial charge < -0.3 is 24.8 Å². The van der Waals surface area contributed by atoms with Gasteiger partial charge in [0.05, 0.1) is 0 Å². The van der Waals surface area contributed by atoms with Crippen LogP contribution in [0, 0.1) is 0 Å². The molecule has 0 fully saturated rings. The minimum Gasteiger partial charge on any atom is -1.00 e. The standard InChI is InChI=1S/2C6H7.C2H6Si.2ClH.Hf/c2*1-6-4-2-3-5-6;1-3-2;;;/h2*2,4H,3H2,1H3;1-2H3;2*1H;/q;;;;;+2/p-2. The molecule has 98 valence electrons. The summed E-state index contributed by atoms with van der Waals surface area (Å²) in [5.41, 5.74) is 3.14. The van der Waals surface area contributed by atoms with Crippen LogP contribution in [0.2, 0.25) is 13.1 Å². The molecule has 0 spiro atoms. The fraction of sp³-hybridized carbons (Fsp3) is 0.429. The Morgan fingerprint density at radius 1 is 0.889 bits per heavy atom. The van der Waals surface area contributed by atoms with Crippen molar-refractivity contribution in [3.8, 4) is 0 Å². The van der Waals surface area contributed by atoms with Crippen molar-refractivity contribution in [2.24, 2.45) is 0 Å². The molecule has 2 rings (SSSR count). The zero-order valence-corrected chi connectivity index (χ0v) is 17.6. The fourth-order valence-corrected chi connectivity index (χ4v) is 28.8. The van der Waals surface area contributed by atoms with E-state index in [0.717, 1.165) is 0 Å². The van der Waals surface area contributed by atoms with Crippen LogP contribution in [0.5, 0.6) is 0 Å². The normalized spacial score (nSPS) is 16.4. The number of halogens is 2. The second-order valence-electron chi connectivity index (χ2n) is 4.91. The van der Waals surface area contributed by atoms with Gasteiger partial charge in [-0.2, -0.15) is 0 Å². The van der Waals surface area contributed by atoms with Gasteiger partial charge >= 0.3 is 107 Å². The van der Waals surface area contributed by atoms with Crippen LogP contribution < -0.4 is 24.8 Å². The SMILES string of the molecule is CC1=[C]([Hf+2]([C]2=C(C)C=CC2)=[Si](C)C)CC=C1.[Cl-].[Cl-]. The van der Waals surface area contributed by atoms with Gasteiger partial charge in [-0.25, -0.2) is 0 Å². The van der Waals surface area contributed by atoms with Crippen LogP contribution in [0.3, 0.4) is 0 Å². The molecule has 0 amide bonds.